The highest BCUT2D eigenvalue weighted by Crippen LogP contribution is 2.44. The average Bonchev–Trinajstić information content (AvgIpc) is 3.53. The van der Waals surface area contributed by atoms with Crippen molar-refractivity contribution in [2.75, 3.05) is 19.0 Å². The molecule has 1 aliphatic heterocycles. The second-order valence-electron chi connectivity index (χ2n) is 6.73. The number of pyridine rings is 1. The van der Waals surface area contributed by atoms with Crippen molar-refractivity contribution in [2.24, 2.45) is 0 Å². The molecule has 1 N–H and O–H groups in total. The van der Waals surface area contributed by atoms with Crippen LogP contribution in [0.3, 0.4) is 0 Å². The van der Waals surface area contributed by atoms with Gasteiger partial charge < -0.3 is 14.8 Å². The molecule has 1 aromatic heterocycles. The number of aromatic nitrogens is 1. The molecule has 134 valence electrons. The molecule has 1 atom stereocenters. The van der Waals surface area contributed by atoms with Crippen molar-refractivity contribution in [3.8, 4) is 5.75 Å². The summed E-state index contributed by atoms with van der Waals surface area (Å²) in [6, 6.07) is 8.28. The van der Waals surface area contributed by atoms with Gasteiger partial charge in [0.05, 0.1) is 31.2 Å². The fourth-order valence-corrected chi connectivity index (χ4v) is 3.36. The molecule has 2 aliphatic rings. The van der Waals surface area contributed by atoms with Crippen LogP contribution in [0.15, 0.2) is 48.9 Å². The number of anilines is 1. The molecule has 1 fully saturated rings. The molecule has 2 aromatic rings. The summed E-state index contributed by atoms with van der Waals surface area (Å²) < 4.78 is 10.7. The Morgan fingerprint density at radius 1 is 1.31 bits per heavy atom. The zero-order chi connectivity index (χ0) is 17.9. The second-order valence-corrected chi connectivity index (χ2v) is 6.73. The van der Waals surface area contributed by atoms with Crippen molar-refractivity contribution in [2.45, 2.75) is 31.1 Å². The van der Waals surface area contributed by atoms with Crippen LogP contribution in [0.25, 0.3) is 0 Å². The molecular formula is C21H22N2O3. The zero-order valence-corrected chi connectivity index (χ0v) is 14.8. The number of carbonyl (C=O) groups excluding carboxylic acids is 1. The van der Waals surface area contributed by atoms with E-state index in [4.69, 9.17) is 9.47 Å². The third-order valence-corrected chi connectivity index (χ3v) is 4.97. The van der Waals surface area contributed by atoms with E-state index in [0.717, 1.165) is 24.7 Å². The number of allylic oxidation sites excluding steroid dienone is 1. The van der Waals surface area contributed by atoms with Gasteiger partial charge in [-0.1, -0.05) is 18.2 Å². The van der Waals surface area contributed by atoms with Gasteiger partial charge in [0.15, 0.2) is 0 Å². The molecule has 0 spiro atoms. The Morgan fingerprint density at radius 3 is 3.00 bits per heavy atom. The van der Waals surface area contributed by atoms with E-state index < -0.39 is 0 Å². The third-order valence-electron chi connectivity index (χ3n) is 4.97. The van der Waals surface area contributed by atoms with Crippen LogP contribution in [-0.2, 0) is 4.74 Å². The van der Waals surface area contributed by atoms with Gasteiger partial charge in [0.25, 0.3) is 0 Å². The molecule has 0 saturated heterocycles. The molecule has 2 heterocycles. The minimum atomic E-state index is -0.382. The molecular weight excluding hydrogens is 328 g/mol. The van der Waals surface area contributed by atoms with Crippen molar-refractivity contribution in [3.63, 3.8) is 0 Å². The molecule has 5 heteroatoms. The van der Waals surface area contributed by atoms with Gasteiger partial charge in [-0.15, -0.1) is 0 Å². The smallest absolute Gasteiger partial charge is 0.340 e. The fraction of sp³-hybridized carbons (Fsp3) is 0.333. The maximum absolute atomic E-state index is 11.8. The van der Waals surface area contributed by atoms with Gasteiger partial charge in [0.1, 0.15) is 5.75 Å². The van der Waals surface area contributed by atoms with Crippen LogP contribution in [0.2, 0.25) is 0 Å². The lowest BCUT2D eigenvalue weighted by molar-refractivity contribution is 0.0601. The molecule has 1 aromatic carbocycles. The predicted molar refractivity (Wildman–Crippen MR) is 99.6 cm³/mol. The number of esters is 1. The van der Waals surface area contributed by atoms with Gasteiger partial charge in [-0.2, -0.15) is 0 Å². The molecule has 0 amide bonds. The van der Waals surface area contributed by atoms with Gasteiger partial charge in [0.2, 0.25) is 0 Å². The fourth-order valence-electron chi connectivity index (χ4n) is 3.36. The Hall–Kier alpha value is -2.82. The van der Waals surface area contributed by atoms with E-state index in [9.17, 15) is 4.79 Å². The summed E-state index contributed by atoms with van der Waals surface area (Å²) >= 11 is 0. The summed E-state index contributed by atoms with van der Waals surface area (Å²) in [6.45, 7) is 0.719. The molecule has 4 rings (SSSR count). The Labute approximate surface area is 153 Å². The Morgan fingerprint density at radius 2 is 2.19 bits per heavy atom. The number of nitrogens with zero attached hydrogens (tertiary/aromatic N) is 1. The first kappa shape index (κ1) is 16.6. The minimum absolute atomic E-state index is 0.290. The summed E-state index contributed by atoms with van der Waals surface area (Å²) in [5.74, 6) is 1.64. The SMILES string of the molecule is COC(=O)c1ccncc1N/C=C/C1CCOc2cc(C3CC3)ccc21. The number of hydrogen-bond donors (Lipinski definition) is 1. The van der Waals surface area contributed by atoms with Crippen molar-refractivity contribution >= 4 is 11.7 Å². The highest BCUT2D eigenvalue weighted by atomic mass is 16.5. The van der Waals surface area contributed by atoms with Crippen LogP contribution in [0.4, 0.5) is 5.69 Å². The highest BCUT2D eigenvalue weighted by Gasteiger charge is 2.26. The number of nitrogens with one attached hydrogen (secondary N) is 1. The second kappa shape index (κ2) is 7.20. The Balaban J connectivity index is 1.50. The van der Waals surface area contributed by atoms with Crippen molar-refractivity contribution in [1.29, 1.82) is 0 Å². The van der Waals surface area contributed by atoms with E-state index in [1.54, 1.807) is 18.5 Å². The topological polar surface area (TPSA) is 60.5 Å². The summed E-state index contributed by atoms with van der Waals surface area (Å²) in [7, 11) is 1.37. The Kier molecular flexibility index (Phi) is 4.61. The van der Waals surface area contributed by atoms with Gasteiger partial charge in [0, 0.05) is 17.7 Å². The molecule has 0 radical (unpaired) electrons. The van der Waals surface area contributed by atoms with Gasteiger partial charge in [-0.05, 0) is 49.1 Å². The number of carbonyl (C=O) groups is 1. The number of fused-ring (bicyclic) bond motifs is 1. The summed E-state index contributed by atoms with van der Waals surface area (Å²) in [5, 5.41) is 3.16. The standard InChI is InChI=1S/C21H22N2O3/c1-25-21(24)18-7-9-22-13-19(18)23-10-6-15-8-11-26-20-12-16(14-2-3-14)4-5-17(15)20/h4-7,9-10,12-15,23H,2-3,8,11H2,1H3/b10-6+. The van der Waals surface area contributed by atoms with Crippen LogP contribution >= 0.6 is 0 Å². The molecule has 1 saturated carbocycles. The van der Waals surface area contributed by atoms with Crippen LogP contribution in [0, 0.1) is 0 Å². The minimum Gasteiger partial charge on any atom is -0.493 e. The summed E-state index contributed by atoms with van der Waals surface area (Å²) in [4.78, 5) is 15.9. The number of rotatable bonds is 5. The van der Waals surface area contributed by atoms with Crippen LogP contribution < -0.4 is 10.1 Å². The predicted octanol–water partition coefficient (Wildman–Crippen LogP) is 4.24. The molecule has 1 unspecified atom stereocenters. The highest BCUT2D eigenvalue weighted by molar-refractivity contribution is 5.95. The number of hydrogen-bond acceptors (Lipinski definition) is 5. The monoisotopic (exact) mass is 350 g/mol. The number of methoxy groups -OCH3 is 1. The number of benzene rings is 1. The lowest BCUT2D eigenvalue weighted by Gasteiger charge is -2.24. The average molecular weight is 350 g/mol. The maximum Gasteiger partial charge on any atom is 0.340 e. The summed E-state index contributed by atoms with van der Waals surface area (Å²) in [6.07, 6.45) is 10.7. The third kappa shape index (κ3) is 3.43. The molecule has 26 heavy (non-hydrogen) atoms. The summed E-state index contributed by atoms with van der Waals surface area (Å²) in [5.41, 5.74) is 3.71. The van der Waals surface area contributed by atoms with Crippen molar-refractivity contribution in [3.05, 3.63) is 65.6 Å². The molecule has 5 nitrogen and oxygen atoms in total. The maximum atomic E-state index is 11.8. The lowest BCUT2D eigenvalue weighted by Crippen LogP contribution is -2.13. The van der Waals surface area contributed by atoms with Gasteiger partial charge >= 0.3 is 5.97 Å². The van der Waals surface area contributed by atoms with Crippen molar-refractivity contribution in [1.82, 2.24) is 4.98 Å². The first-order valence-electron chi connectivity index (χ1n) is 8.98. The first-order chi connectivity index (χ1) is 12.8. The van der Waals surface area contributed by atoms with Gasteiger partial charge in [-0.25, -0.2) is 4.79 Å². The zero-order valence-electron chi connectivity index (χ0n) is 14.8. The quantitative estimate of drug-likeness (QED) is 0.818. The van der Waals surface area contributed by atoms with E-state index >= 15 is 0 Å². The van der Waals surface area contributed by atoms with E-state index in [0.29, 0.717) is 11.3 Å². The van der Waals surface area contributed by atoms with Crippen LogP contribution in [0.5, 0.6) is 5.75 Å². The van der Waals surface area contributed by atoms with E-state index in [2.05, 4.69) is 34.6 Å². The van der Waals surface area contributed by atoms with Crippen molar-refractivity contribution < 1.29 is 14.3 Å². The van der Waals surface area contributed by atoms with Crippen LogP contribution in [-0.4, -0.2) is 24.7 Å². The molecule has 0 bridgehead atoms. The van der Waals surface area contributed by atoms with E-state index in [-0.39, 0.29) is 11.9 Å². The number of ether oxygens (including phenoxy) is 2. The molecule has 1 aliphatic carbocycles. The normalized spacial score (nSPS) is 18.9. The largest absolute Gasteiger partial charge is 0.493 e. The Bertz CT molecular complexity index is 843. The van der Waals surface area contributed by atoms with Gasteiger partial charge in [-0.3, -0.25) is 4.98 Å². The van der Waals surface area contributed by atoms with Crippen LogP contribution in [0.1, 0.15) is 52.6 Å². The first-order valence-corrected chi connectivity index (χ1v) is 8.98. The lowest BCUT2D eigenvalue weighted by atomic mass is 9.91. The van der Waals surface area contributed by atoms with E-state index in [1.165, 1.54) is 31.1 Å². The van der Waals surface area contributed by atoms with E-state index in [1.807, 2.05) is 6.20 Å².